The molecule has 0 aliphatic heterocycles. The monoisotopic (exact) mass is 354 g/mol. The second-order valence-corrected chi connectivity index (χ2v) is 4.66. The van der Waals surface area contributed by atoms with E-state index in [9.17, 15) is 9.59 Å². The van der Waals surface area contributed by atoms with Gasteiger partial charge in [-0.3, -0.25) is 0 Å². The van der Waals surface area contributed by atoms with E-state index >= 15 is 0 Å². The molecule has 0 spiro atoms. The normalized spacial score (nSPS) is 11.1. The highest BCUT2D eigenvalue weighted by molar-refractivity contribution is 14.1. The van der Waals surface area contributed by atoms with Crippen molar-refractivity contribution >= 4 is 34.5 Å². The van der Waals surface area contributed by atoms with Gasteiger partial charge < -0.3 is 9.47 Å². The molecule has 0 atom stereocenters. The van der Waals surface area contributed by atoms with Crippen LogP contribution in [0.25, 0.3) is 0 Å². The van der Waals surface area contributed by atoms with Crippen LogP contribution in [0, 0.1) is 0 Å². The molecule has 98 valence electrons. The highest BCUT2D eigenvalue weighted by Gasteiger charge is 2.10. The van der Waals surface area contributed by atoms with Gasteiger partial charge in [0.05, 0.1) is 13.2 Å². The summed E-state index contributed by atoms with van der Waals surface area (Å²) in [4.78, 5) is 22.6. The first-order valence-electron chi connectivity index (χ1n) is 5.82. The van der Waals surface area contributed by atoms with Crippen molar-refractivity contribution in [3.05, 3.63) is 9.66 Å². The highest BCUT2D eigenvalue weighted by Crippen LogP contribution is 2.09. The van der Waals surface area contributed by atoms with Crippen LogP contribution in [0.15, 0.2) is 9.66 Å². The maximum Gasteiger partial charge on any atom is 0.344 e. The Hall–Kier alpha value is -0.590. The molecule has 0 saturated carbocycles. The Bertz CT molecular complexity index is 274. The summed E-state index contributed by atoms with van der Waals surface area (Å²) < 4.78 is 10.1. The maximum atomic E-state index is 11.4. The summed E-state index contributed by atoms with van der Waals surface area (Å²) >= 11 is 1.78. The standard InChI is InChI=1S/C12H19IO4/c1-3-5-7-16-11(14)9-10(13)12(15)17-8-6-4-2/h9H,3-8H2,1-2H3. The number of unbranched alkanes of at least 4 members (excludes halogenated alkanes) is 2. The van der Waals surface area contributed by atoms with Crippen LogP contribution in [0.4, 0.5) is 0 Å². The van der Waals surface area contributed by atoms with Gasteiger partial charge in [-0.25, -0.2) is 9.59 Å². The molecular weight excluding hydrogens is 335 g/mol. The molecular formula is C12H19IO4. The predicted molar refractivity (Wildman–Crippen MR) is 73.8 cm³/mol. The van der Waals surface area contributed by atoms with E-state index in [-0.39, 0.29) is 3.58 Å². The summed E-state index contributed by atoms with van der Waals surface area (Å²) in [6.45, 7) is 4.81. The van der Waals surface area contributed by atoms with Gasteiger partial charge in [-0.1, -0.05) is 26.7 Å². The van der Waals surface area contributed by atoms with Crippen LogP contribution in [0.2, 0.25) is 0 Å². The lowest BCUT2D eigenvalue weighted by Gasteiger charge is -2.03. The van der Waals surface area contributed by atoms with Gasteiger partial charge in [0.2, 0.25) is 0 Å². The number of carbonyl (C=O) groups is 2. The Balaban J connectivity index is 3.96. The second kappa shape index (κ2) is 10.6. The molecule has 4 nitrogen and oxygen atoms in total. The minimum absolute atomic E-state index is 0.250. The average molecular weight is 354 g/mol. The summed E-state index contributed by atoms with van der Waals surface area (Å²) in [6, 6.07) is 0. The number of hydrogen-bond donors (Lipinski definition) is 0. The minimum Gasteiger partial charge on any atom is -0.463 e. The van der Waals surface area contributed by atoms with E-state index in [0.717, 1.165) is 25.7 Å². The van der Waals surface area contributed by atoms with E-state index in [1.807, 2.05) is 13.8 Å². The van der Waals surface area contributed by atoms with Crippen molar-refractivity contribution < 1.29 is 19.1 Å². The molecule has 0 amide bonds. The van der Waals surface area contributed by atoms with Crippen molar-refractivity contribution in [1.82, 2.24) is 0 Å². The topological polar surface area (TPSA) is 52.6 Å². The molecule has 0 bridgehead atoms. The summed E-state index contributed by atoms with van der Waals surface area (Å²) in [5, 5.41) is 0. The zero-order valence-corrected chi connectivity index (χ0v) is 12.5. The highest BCUT2D eigenvalue weighted by atomic mass is 127. The third-order valence-corrected chi connectivity index (χ3v) is 2.66. The number of ether oxygens (including phenoxy) is 2. The summed E-state index contributed by atoms with van der Waals surface area (Å²) in [5.74, 6) is -0.957. The number of esters is 2. The smallest absolute Gasteiger partial charge is 0.344 e. The summed E-state index contributed by atoms with van der Waals surface area (Å²) in [7, 11) is 0. The molecule has 17 heavy (non-hydrogen) atoms. The van der Waals surface area contributed by atoms with Crippen LogP contribution in [-0.4, -0.2) is 25.2 Å². The van der Waals surface area contributed by atoms with Crippen LogP contribution >= 0.6 is 22.6 Å². The SMILES string of the molecule is CCCCOC(=O)C=C(I)C(=O)OCCCC. The molecule has 0 aliphatic carbocycles. The number of rotatable bonds is 8. The van der Waals surface area contributed by atoms with Gasteiger partial charge in [-0.05, 0) is 35.4 Å². The van der Waals surface area contributed by atoms with Crippen LogP contribution in [0.3, 0.4) is 0 Å². The van der Waals surface area contributed by atoms with E-state index < -0.39 is 11.9 Å². The van der Waals surface area contributed by atoms with Gasteiger partial charge in [-0.15, -0.1) is 0 Å². The summed E-state index contributed by atoms with van der Waals surface area (Å²) in [6.07, 6.45) is 4.76. The molecule has 0 unspecified atom stereocenters. The average Bonchev–Trinajstić information content (AvgIpc) is 2.29. The number of hydrogen-bond acceptors (Lipinski definition) is 4. The predicted octanol–water partition coefficient (Wildman–Crippen LogP) is 2.99. The molecule has 5 heteroatoms. The van der Waals surface area contributed by atoms with E-state index in [1.54, 1.807) is 22.6 Å². The molecule has 0 rings (SSSR count). The molecule has 0 radical (unpaired) electrons. The Morgan fingerprint density at radius 3 is 2.12 bits per heavy atom. The number of carbonyl (C=O) groups excluding carboxylic acids is 2. The minimum atomic E-state index is -0.490. The molecule has 0 aliphatic rings. The fourth-order valence-electron chi connectivity index (χ4n) is 0.899. The van der Waals surface area contributed by atoms with Gasteiger partial charge in [0.1, 0.15) is 3.58 Å². The van der Waals surface area contributed by atoms with Crippen molar-refractivity contribution in [3.8, 4) is 0 Å². The first-order valence-corrected chi connectivity index (χ1v) is 6.90. The largest absolute Gasteiger partial charge is 0.463 e. The molecule has 0 aromatic carbocycles. The summed E-state index contributed by atoms with van der Waals surface area (Å²) in [5.41, 5.74) is 0. The van der Waals surface area contributed by atoms with Gasteiger partial charge >= 0.3 is 11.9 Å². The van der Waals surface area contributed by atoms with Crippen LogP contribution in [-0.2, 0) is 19.1 Å². The Morgan fingerprint density at radius 2 is 1.59 bits per heavy atom. The fraction of sp³-hybridized carbons (Fsp3) is 0.667. The Kier molecular flexibility index (Phi) is 10.2. The Morgan fingerprint density at radius 1 is 1.06 bits per heavy atom. The molecule has 0 saturated heterocycles. The zero-order valence-electron chi connectivity index (χ0n) is 10.3. The fourth-order valence-corrected chi connectivity index (χ4v) is 1.31. The third-order valence-electron chi connectivity index (χ3n) is 1.91. The van der Waals surface area contributed by atoms with E-state index in [2.05, 4.69) is 0 Å². The van der Waals surface area contributed by atoms with Crippen LogP contribution in [0.1, 0.15) is 39.5 Å². The van der Waals surface area contributed by atoms with Crippen molar-refractivity contribution in [1.29, 1.82) is 0 Å². The van der Waals surface area contributed by atoms with Gasteiger partial charge in [0.25, 0.3) is 0 Å². The van der Waals surface area contributed by atoms with E-state index in [0.29, 0.717) is 13.2 Å². The molecule has 0 aromatic rings. The molecule has 0 heterocycles. The Labute approximate surface area is 116 Å². The maximum absolute atomic E-state index is 11.4. The lowest BCUT2D eigenvalue weighted by molar-refractivity contribution is -0.140. The van der Waals surface area contributed by atoms with Gasteiger partial charge in [-0.2, -0.15) is 0 Å². The molecule has 0 aromatic heterocycles. The van der Waals surface area contributed by atoms with Gasteiger partial charge in [0, 0.05) is 6.08 Å². The second-order valence-electron chi connectivity index (χ2n) is 3.50. The first kappa shape index (κ1) is 16.4. The van der Waals surface area contributed by atoms with Crippen molar-refractivity contribution in [2.24, 2.45) is 0 Å². The van der Waals surface area contributed by atoms with Crippen molar-refractivity contribution in [3.63, 3.8) is 0 Å². The molecule has 0 N–H and O–H groups in total. The number of halogens is 1. The van der Waals surface area contributed by atoms with Crippen molar-refractivity contribution in [2.45, 2.75) is 39.5 Å². The third kappa shape index (κ3) is 9.14. The quantitative estimate of drug-likeness (QED) is 0.291. The van der Waals surface area contributed by atoms with E-state index in [1.165, 1.54) is 6.08 Å². The zero-order chi connectivity index (χ0) is 13.1. The lowest BCUT2D eigenvalue weighted by atomic mass is 10.4. The van der Waals surface area contributed by atoms with Gasteiger partial charge in [0.15, 0.2) is 0 Å². The van der Waals surface area contributed by atoms with Crippen molar-refractivity contribution in [2.75, 3.05) is 13.2 Å². The van der Waals surface area contributed by atoms with Crippen LogP contribution < -0.4 is 0 Å². The first-order chi connectivity index (χ1) is 8.11. The van der Waals surface area contributed by atoms with E-state index in [4.69, 9.17) is 9.47 Å². The molecule has 0 fully saturated rings. The van der Waals surface area contributed by atoms with Crippen LogP contribution in [0.5, 0.6) is 0 Å². The lowest BCUT2D eigenvalue weighted by Crippen LogP contribution is -2.09.